The molecule has 1 saturated heterocycles. The van der Waals surface area contributed by atoms with Crippen LogP contribution in [0.1, 0.15) is 12.8 Å². The van der Waals surface area contributed by atoms with Gasteiger partial charge in [-0.15, -0.1) is 0 Å². The number of hydrogen-bond acceptors (Lipinski definition) is 7. The molecular formula is C6H5NaO7Pb. The molecule has 0 amide bonds. The van der Waals surface area contributed by atoms with Gasteiger partial charge in [-0.3, -0.25) is 0 Å². The van der Waals surface area contributed by atoms with Crippen molar-refractivity contribution < 1.29 is 59.5 Å². The first kappa shape index (κ1) is 15.3. The Morgan fingerprint density at radius 1 is 1.53 bits per heavy atom. The summed E-state index contributed by atoms with van der Waals surface area (Å²) in [6.07, 6.45) is -1.67. The van der Waals surface area contributed by atoms with Crippen LogP contribution in [0, 0.1) is 0 Å². The molecule has 1 rings (SSSR count). The zero-order valence-corrected chi connectivity index (χ0v) is 13.7. The fourth-order valence-corrected chi connectivity index (χ4v) is 2.76. The van der Waals surface area contributed by atoms with Crippen LogP contribution in [0.4, 0.5) is 0 Å². The average molecular weight is 419 g/mol. The molecule has 0 bridgehead atoms. The van der Waals surface area contributed by atoms with Gasteiger partial charge >= 0.3 is 121 Å². The van der Waals surface area contributed by atoms with E-state index in [-0.39, 0.29) is 29.6 Å². The summed E-state index contributed by atoms with van der Waals surface area (Å²) in [7, 11) is 0. The molecule has 1 fully saturated rings. The zero-order valence-electron chi connectivity index (χ0n) is 7.81. The minimum Gasteiger partial charge on any atom is 1.00 e. The van der Waals surface area contributed by atoms with Crippen molar-refractivity contribution in [1.29, 1.82) is 0 Å². The van der Waals surface area contributed by atoms with E-state index in [4.69, 9.17) is 0 Å². The Balaban J connectivity index is 0.00000196. The molecule has 2 radical (unpaired) electrons. The fraction of sp³-hybridized carbons (Fsp3) is 0.500. The van der Waals surface area contributed by atoms with Crippen LogP contribution < -0.4 is 34.7 Å². The van der Waals surface area contributed by atoms with Gasteiger partial charge in [-0.25, -0.2) is 0 Å². The normalized spacial score (nSPS) is 25.7. The molecule has 9 heteroatoms. The van der Waals surface area contributed by atoms with Crippen molar-refractivity contribution in [3.8, 4) is 0 Å². The van der Waals surface area contributed by atoms with Gasteiger partial charge in [0.2, 0.25) is 0 Å². The maximum absolute atomic E-state index is 11.1. The Morgan fingerprint density at radius 3 is 2.67 bits per heavy atom. The van der Waals surface area contributed by atoms with E-state index in [2.05, 4.69) is 5.37 Å². The van der Waals surface area contributed by atoms with Crippen molar-refractivity contribution in [2.45, 2.75) is 18.4 Å². The van der Waals surface area contributed by atoms with Gasteiger partial charge in [0.1, 0.15) is 0 Å². The molecule has 1 aliphatic rings. The van der Waals surface area contributed by atoms with Crippen molar-refractivity contribution in [3.63, 3.8) is 0 Å². The minimum absolute atomic E-state index is 0. The molecule has 0 aromatic rings. The van der Waals surface area contributed by atoms with Crippen LogP contribution in [-0.2, 0) is 19.8 Å². The van der Waals surface area contributed by atoms with Crippen LogP contribution in [0.3, 0.4) is 0 Å². The molecule has 0 aliphatic carbocycles. The summed E-state index contributed by atoms with van der Waals surface area (Å²) >= 11 is -2.27. The molecule has 1 unspecified atom stereocenters. The van der Waals surface area contributed by atoms with Crippen molar-refractivity contribution in [2.75, 3.05) is 0 Å². The molecule has 1 heterocycles. The monoisotopic (exact) mass is 420 g/mol. The molecule has 0 saturated carbocycles. The smallest absolute Gasteiger partial charge is 1.00 e. The molecular weight excluding hydrogens is 414 g/mol. The third-order valence-electron chi connectivity index (χ3n) is 1.54. The number of carboxylic acid groups (broad SMARTS) is 1. The average Bonchev–Trinajstić information content (AvgIpc) is 2.11. The zero-order chi connectivity index (χ0) is 10.8. The molecule has 15 heavy (non-hydrogen) atoms. The summed E-state index contributed by atoms with van der Waals surface area (Å²) in [4.78, 5) is 32.1. The molecule has 1 aliphatic heterocycles. The Labute approximate surface area is 120 Å². The first-order valence-electron chi connectivity index (χ1n) is 3.52. The number of carbonyl (C=O) groups is 3. The molecule has 1 atom stereocenters. The van der Waals surface area contributed by atoms with Gasteiger partial charge in [0.25, 0.3) is 0 Å². The summed E-state index contributed by atoms with van der Waals surface area (Å²) in [6.45, 7) is 0. The topological polar surface area (TPSA) is 113 Å². The predicted octanol–water partition coefficient (Wildman–Crippen LogP) is -6.11. The van der Waals surface area contributed by atoms with Crippen LogP contribution in [-0.4, -0.2) is 53.8 Å². The molecule has 1 N–H and O–H groups in total. The predicted molar refractivity (Wildman–Crippen MR) is 37.1 cm³/mol. The molecule has 0 aromatic heterocycles. The van der Waals surface area contributed by atoms with Crippen molar-refractivity contribution in [3.05, 3.63) is 0 Å². The van der Waals surface area contributed by atoms with Crippen molar-refractivity contribution in [1.82, 2.24) is 0 Å². The SMILES string of the molecule is O=C([O-])CC1(O)CC(=O)[O][Pb][O]C1=O.[Na+]. The maximum atomic E-state index is 11.1. The molecule has 0 aromatic carbocycles. The van der Waals surface area contributed by atoms with Gasteiger partial charge in [0.15, 0.2) is 0 Å². The van der Waals surface area contributed by atoms with E-state index in [0.717, 1.165) is 0 Å². The quantitative estimate of drug-likeness (QED) is 0.444. The second-order valence-corrected chi connectivity index (χ2v) is 4.94. The van der Waals surface area contributed by atoms with E-state index in [0.29, 0.717) is 0 Å². The third-order valence-corrected chi connectivity index (χ3v) is 3.80. The van der Waals surface area contributed by atoms with E-state index in [1.807, 2.05) is 0 Å². The molecule has 0 spiro atoms. The van der Waals surface area contributed by atoms with Gasteiger partial charge in [0.05, 0.1) is 0 Å². The largest absolute Gasteiger partial charge is 1.00 e. The molecule has 76 valence electrons. The number of hydrogen-bond donors (Lipinski definition) is 1. The van der Waals surface area contributed by atoms with Gasteiger partial charge in [-0.2, -0.15) is 0 Å². The molecule has 7 nitrogen and oxygen atoms in total. The van der Waals surface area contributed by atoms with E-state index in [1.54, 1.807) is 0 Å². The number of aliphatic carboxylic acids is 1. The van der Waals surface area contributed by atoms with Crippen molar-refractivity contribution >= 4 is 43.0 Å². The van der Waals surface area contributed by atoms with Crippen LogP contribution in [0.2, 0.25) is 0 Å². The van der Waals surface area contributed by atoms with Crippen molar-refractivity contribution in [2.24, 2.45) is 0 Å². The van der Waals surface area contributed by atoms with Crippen LogP contribution in [0.15, 0.2) is 0 Å². The standard InChI is InChI=1S/C6H8O7.Na.Pb/c7-3(8)1-6(13,5(11)12)2-4(9)10;;/h13H,1-2H2,(H,7,8)(H,9,10)(H,11,12);;/q;+1;+2/p-3. The summed E-state index contributed by atoms with van der Waals surface area (Å²) in [5, 5.41) is 19.7. The fourth-order valence-electron chi connectivity index (χ4n) is 0.921. The first-order valence-corrected chi connectivity index (χ1v) is 6.69. The summed E-state index contributed by atoms with van der Waals surface area (Å²) in [6, 6.07) is 0. The minimum atomic E-state index is -2.33. The Hall–Kier alpha value is 0.292. The van der Waals surface area contributed by atoms with Crippen LogP contribution in [0.25, 0.3) is 0 Å². The Morgan fingerprint density at radius 2 is 2.13 bits per heavy atom. The van der Waals surface area contributed by atoms with E-state index < -0.39 is 61.5 Å². The van der Waals surface area contributed by atoms with Gasteiger partial charge < -0.3 is 0 Å². The second-order valence-electron chi connectivity index (χ2n) is 2.70. The number of aliphatic hydroxyl groups is 1. The van der Waals surface area contributed by atoms with Gasteiger partial charge in [0, 0.05) is 0 Å². The summed E-state index contributed by atoms with van der Waals surface area (Å²) in [5.41, 5.74) is -2.33. The van der Waals surface area contributed by atoms with E-state index in [9.17, 15) is 24.6 Å². The number of carboxylic acids is 1. The maximum Gasteiger partial charge on any atom is 1.00 e. The third kappa shape index (κ3) is 4.35. The van der Waals surface area contributed by atoms with Gasteiger partial charge in [-0.05, 0) is 0 Å². The van der Waals surface area contributed by atoms with Crippen LogP contribution in [0.5, 0.6) is 0 Å². The Bertz CT molecular complexity index is 293. The second kappa shape index (κ2) is 6.13. The van der Waals surface area contributed by atoms with Crippen LogP contribution >= 0.6 is 0 Å². The van der Waals surface area contributed by atoms with E-state index in [1.165, 1.54) is 0 Å². The number of rotatable bonds is 2. The summed E-state index contributed by atoms with van der Waals surface area (Å²) in [5.74, 6) is -3.56. The van der Waals surface area contributed by atoms with E-state index >= 15 is 0 Å². The van der Waals surface area contributed by atoms with Gasteiger partial charge in [-0.1, -0.05) is 0 Å². The first-order chi connectivity index (χ1) is 6.44. The Kier molecular flexibility index (Phi) is 6.25. The number of carbonyl (C=O) groups excluding carboxylic acids is 3. The summed E-state index contributed by atoms with van der Waals surface area (Å²) < 4.78 is 8.95.